The highest BCUT2D eigenvalue weighted by Crippen LogP contribution is 2.46. The summed E-state index contributed by atoms with van der Waals surface area (Å²) in [4.78, 5) is 41.7. The lowest BCUT2D eigenvalue weighted by molar-refractivity contribution is -0.758. The van der Waals surface area contributed by atoms with Gasteiger partial charge in [-0.15, -0.1) is 11.8 Å². The lowest BCUT2D eigenvalue weighted by Crippen LogP contribution is -2.49. The molecule has 152 valence electrons. The molecule has 1 amide bonds. The Balaban J connectivity index is 1.98. The van der Waals surface area contributed by atoms with Crippen molar-refractivity contribution in [1.29, 1.82) is 0 Å². The van der Waals surface area contributed by atoms with Gasteiger partial charge in [-0.05, 0) is 11.9 Å². The van der Waals surface area contributed by atoms with Gasteiger partial charge in [-0.3, -0.25) is 9.59 Å². The molecule has 0 aliphatic carbocycles. The van der Waals surface area contributed by atoms with Gasteiger partial charge < -0.3 is 20.2 Å². The second kappa shape index (κ2) is 7.55. The van der Waals surface area contributed by atoms with Crippen LogP contribution >= 0.6 is 11.8 Å². The molecule has 3 N–H and O–H groups in total. The molecule has 0 radical (unpaired) electrons. The number of nitrogens with zero attached hydrogens (tertiary/aromatic N) is 4. The van der Waals surface area contributed by atoms with Gasteiger partial charge in [0, 0.05) is 17.7 Å². The van der Waals surface area contributed by atoms with Gasteiger partial charge in [-0.1, -0.05) is 6.92 Å². The molecular weight excluding hydrogens is 388 g/mol. The van der Waals surface area contributed by atoms with Crippen molar-refractivity contribution in [3.05, 3.63) is 23.3 Å². The number of fused-ring (bicyclic) bond motifs is 1. The van der Waals surface area contributed by atoms with Crippen LogP contribution in [0.4, 0.5) is 0 Å². The summed E-state index contributed by atoms with van der Waals surface area (Å²) in [7, 11) is 0. The number of amides is 1. The maximum atomic E-state index is 12.3. The van der Waals surface area contributed by atoms with Gasteiger partial charge in [0.15, 0.2) is 0 Å². The number of rotatable bonds is 6. The van der Waals surface area contributed by atoms with Crippen molar-refractivity contribution in [2.45, 2.75) is 51.3 Å². The van der Waals surface area contributed by atoms with Crippen LogP contribution in [-0.4, -0.2) is 65.1 Å². The zero-order valence-corrected chi connectivity index (χ0v) is 16.5. The number of aromatic nitrogens is 3. The highest BCUT2D eigenvalue weighted by Gasteiger charge is 2.51. The third-order valence-electron chi connectivity index (χ3n) is 5.22. The first-order chi connectivity index (χ1) is 13.1. The van der Waals surface area contributed by atoms with Crippen LogP contribution in [0.25, 0.3) is 0 Å². The first kappa shape index (κ1) is 20.3. The summed E-state index contributed by atoms with van der Waals surface area (Å²) in [6.45, 7) is 5.50. The standard InChI is InChI=1S/C17H22N4O6S/c1-8-13(12(9(2)22)16(24)25)21(10(3)23)14(17(26)27)15(8)28-11-4-19-6-18-7-20(19)5-11/h6-9,11-13,22H,4-5H2,1-3H3,(H-,24,25,26,27)/p+1/t8-,9-,12-,13-/m1/s1. The third kappa shape index (κ3) is 3.39. The van der Waals surface area contributed by atoms with Crippen LogP contribution in [0.1, 0.15) is 20.8 Å². The summed E-state index contributed by atoms with van der Waals surface area (Å²) in [5.74, 6) is -4.96. The van der Waals surface area contributed by atoms with Gasteiger partial charge in [-0.25, -0.2) is 4.79 Å². The molecule has 0 bridgehead atoms. The number of carbonyl (C=O) groups is 3. The first-order valence-electron chi connectivity index (χ1n) is 8.88. The SMILES string of the molecule is CC(=O)N1C(C(=O)O)=C(SC2Cn3cnc[n+]3C2)[C@H](C)[C@@H]1[C@H](C(=O)O)[C@@H](C)O. The molecule has 11 heteroatoms. The molecule has 1 aromatic heterocycles. The van der Waals surface area contributed by atoms with Crippen LogP contribution in [0.15, 0.2) is 23.3 Å². The minimum absolute atomic E-state index is 0.0252. The average Bonchev–Trinajstić information content (AvgIpc) is 3.21. The summed E-state index contributed by atoms with van der Waals surface area (Å²) in [6, 6.07) is -0.974. The molecule has 0 saturated carbocycles. The van der Waals surface area contributed by atoms with Crippen molar-refractivity contribution in [1.82, 2.24) is 14.6 Å². The molecule has 0 saturated heterocycles. The highest BCUT2D eigenvalue weighted by atomic mass is 32.2. The number of aliphatic hydroxyl groups is 1. The van der Waals surface area contributed by atoms with Crippen LogP contribution in [0, 0.1) is 11.8 Å². The van der Waals surface area contributed by atoms with Gasteiger partial charge >= 0.3 is 18.3 Å². The Morgan fingerprint density at radius 3 is 2.54 bits per heavy atom. The minimum Gasteiger partial charge on any atom is -0.481 e. The Morgan fingerprint density at radius 2 is 2.04 bits per heavy atom. The Hall–Kier alpha value is -2.40. The predicted molar refractivity (Wildman–Crippen MR) is 96.7 cm³/mol. The first-order valence-corrected chi connectivity index (χ1v) is 9.76. The lowest BCUT2D eigenvalue weighted by Gasteiger charge is -2.33. The normalized spacial score (nSPS) is 26.3. The fourth-order valence-corrected chi connectivity index (χ4v) is 5.53. The van der Waals surface area contributed by atoms with Gasteiger partial charge in [0.05, 0.1) is 23.9 Å². The Morgan fingerprint density at radius 1 is 1.36 bits per heavy atom. The molecule has 10 nitrogen and oxygen atoms in total. The fraction of sp³-hybridized carbons (Fsp3) is 0.588. The minimum atomic E-state index is -1.30. The summed E-state index contributed by atoms with van der Waals surface area (Å²) >= 11 is 1.35. The number of carboxylic acids is 2. The molecule has 0 fully saturated rings. The largest absolute Gasteiger partial charge is 0.481 e. The van der Waals surface area contributed by atoms with E-state index in [2.05, 4.69) is 4.98 Å². The van der Waals surface area contributed by atoms with Crippen molar-refractivity contribution in [2.24, 2.45) is 11.8 Å². The third-order valence-corrected chi connectivity index (χ3v) is 6.67. The van der Waals surface area contributed by atoms with Crippen LogP contribution in [0.3, 0.4) is 0 Å². The summed E-state index contributed by atoms with van der Waals surface area (Å²) < 4.78 is 3.82. The number of aliphatic hydroxyl groups excluding tert-OH is 1. The summed E-state index contributed by atoms with van der Waals surface area (Å²) in [6.07, 6.45) is 2.12. The van der Waals surface area contributed by atoms with Crippen molar-refractivity contribution < 1.29 is 34.4 Å². The van der Waals surface area contributed by atoms with Crippen LogP contribution in [-0.2, 0) is 27.5 Å². The second-order valence-electron chi connectivity index (χ2n) is 7.15. The Kier molecular flexibility index (Phi) is 5.48. The van der Waals surface area contributed by atoms with E-state index in [0.717, 1.165) is 4.90 Å². The molecule has 3 heterocycles. The van der Waals surface area contributed by atoms with E-state index in [1.807, 2.05) is 9.36 Å². The van der Waals surface area contributed by atoms with E-state index >= 15 is 0 Å². The van der Waals surface area contributed by atoms with Crippen molar-refractivity contribution in [3.63, 3.8) is 0 Å². The van der Waals surface area contributed by atoms with E-state index in [9.17, 15) is 29.7 Å². The Labute approximate surface area is 165 Å². The van der Waals surface area contributed by atoms with Crippen LogP contribution < -0.4 is 4.68 Å². The molecule has 2 aliphatic heterocycles. The highest BCUT2D eigenvalue weighted by molar-refractivity contribution is 8.03. The topological polar surface area (TPSA) is 137 Å². The number of carbonyl (C=O) groups excluding carboxylic acids is 1. The number of hydrogen-bond acceptors (Lipinski definition) is 6. The van der Waals surface area contributed by atoms with Gasteiger partial charge in [0.1, 0.15) is 18.2 Å². The smallest absolute Gasteiger partial charge is 0.353 e. The van der Waals surface area contributed by atoms with Crippen molar-refractivity contribution >= 4 is 29.6 Å². The quantitative estimate of drug-likeness (QED) is 0.535. The maximum Gasteiger partial charge on any atom is 0.353 e. The number of aliphatic carboxylic acids is 2. The molecule has 2 aliphatic rings. The molecule has 0 aromatic carbocycles. The second-order valence-corrected chi connectivity index (χ2v) is 8.50. The molecule has 0 unspecified atom stereocenters. The van der Waals surface area contributed by atoms with Crippen LogP contribution in [0.2, 0.25) is 0 Å². The van der Waals surface area contributed by atoms with Gasteiger partial charge in [-0.2, -0.15) is 9.36 Å². The number of hydrogen-bond donors (Lipinski definition) is 3. The molecule has 1 aromatic rings. The van der Waals surface area contributed by atoms with Gasteiger partial charge in [0.25, 0.3) is 0 Å². The van der Waals surface area contributed by atoms with E-state index in [4.69, 9.17) is 0 Å². The molecule has 28 heavy (non-hydrogen) atoms. The molecular formula is C17H23N4O6S+. The lowest BCUT2D eigenvalue weighted by atomic mass is 9.86. The Bertz CT molecular complexity index is 830. The van der Waals surface area contributed by atoms with E-state index in [0.29, 0.717) is 18.0 Å². The van der Waals surface area contributed by atoms with Gasteiger partial charge in [0.2, 0.25) is 12.2 Å². The molecule has 4 atom stereocenters. The van der Waals surface area contributed by atoms with E-state index in [-0.39, 0.29) is 10.9 Å². The van der Waals surface area contributed by atoms with E-state index < -0.39 is 41.8 Å². The summed E-state index contributed by atoms with van der Waals surface area (Å²) in [5, 5.41) is 29.5. The zero-order chi connectivity index (χ0) is 20.7. The molecule has 3 rings (SSSR count). The maximum absolute atomic E-state index is 12.3. The fourth-order valence-electron chi connectivity index (χ4n) is 4.06. The number of carboxylic acid groups (broad SMARTS) is 2. The average molecular weight is 411 g/mol. The van der Waals surface area contributed by atoms with Crippen LogP contribution in [0.5, 0.6) is 0 Å². The molecule has 0 spiro atoms. The van der Waals surface area contributed by atoms with E-state index in [1.54, 1.807) is 19.6 Å². The van der Waals surface area contributed by atoms with Crippen molar-refractivity contribution in [3.8, 4) is 0 Å². The predicted octanol–water partition coefficient (Wildman–Crippen LogP) is -0.469. The van der Waals surface area contributed by atoms with Crippen molar-refractivity contribution in [2.75, 3.05) is 0 Å². The summed E-state index contributed by atoms with van der Waals surface area (Å²) in [5.41, 5.74) is -0.193. The number of thioether (sulfide) groups is 1. The zero-order valence-electron chi connectivity index (χ0n) is 15.7. The monoisotopic (exact) mass is 411 g/mol. The van der Waals surface area contributed by atoms with E-state index in [1.165, 1.54) is 25.6 Å².